The summed E-state index contributed by atoms with van der Waals surface area (Å²) < 4.78 is 26.5. The lowest BCUT2D eigenvalue weighted by Crippen LogP contribution is -2.44. The maximum atomic E-state index is 11.0. The van der Waals surface area contributed by atoms with Crippen LogP contribution in [-0.4, -0.2) is 82.6 Å². The van der Waals surface area contributed by atoms with E-state index in [9.17, 15) is 10.2 Å². The molecule has 0 aliphatic heterocycles. The number of benzene rings is 2. The lowest BCUT2D eigenvalue weighted by Gasteiger charge is -2.45. The molecular formula is C61H105O6P. The number of hydrogen-bond acceptors (Lipinski definition) is 6. The van der Waals surface area contributed by atoms with Gasteiger partial charge in [-0.25, -0.2) is 0 Å². The van der Waals surface area contributed by atoms with E-state index in [0.29, 0.717) is 25.0 Å². The molecule has 0 aromatic heterocycles. The quantitative estimate of drug-likeness (QED) is 0.0432. The van der Waals surface area contributed by atoms with Crippen molar-refractivity contribution in [2.24, 2.45) is 28.1 Å². The van der Waals surface area contributed by atoms with Crippen LogP contribution in [0.25, 0.3) is 0 Å². The van der Waals surface area contributed by atoms with Crippen molar-refractivity contribution in [2.75, 3.05) is 38.8 Å². The molecule has 2 aromatic carbocycles. The van der Waals surface area contributed by atoms with Crippen molar-refractivity contribution in [3.05, 3.63) is 84.4 Å². The molecule has 0 amide bonds. The Kier molecular flexibility index (Phi) is 22.6. The minimum Gasteiger partial charge on any atom is -0.390 e. The first kappa shape index (κ1) is 60.7. The summed E-state index contributed by atoms with van der Waals surface area (Å²) in [5.74, 6) is 1.08. The second-order valence-electron chi connectivity index (χ2n) is 26.1. The van der Waals surface area contributed by atoms with Gasteiger partial charge in [0.1, 0.15) is 0 Å². The van der Waals surface area contributed by atoms with Crippen molar-refractivity contribution in [2.45, 2.75) is 234 Å². The van der Waals surface area contributed by atoms with Crippen LogP contribution < -0.4 is 0 Å². The first-order valence-electron chi connectivity index (χ1n) is 26.7. The Morgan fingerprint density at radius 1 is 0.632 bits per heavy atom. The third-order valence-corrected chi connectivity index (χ3v) is 18.6. The fourth-order valence-corrected chi connectivity index (χ4v) is 12.0. The Hall–Kier alpha value is -1.63. The summed E-state index contributed by atoms with van der Waals surface area (Å²) >= 11 is 0. The van der Waals surface area contributed by atoms with Gasteiger partial charge >= 0.3 is 0 Å². The van der Waals surface area contributed by atoms with Crippen molar-refractivity contribution in [1.82, 2.24) is 0 Å². The topological polar surface area (TPSA) is 77.4 Å². The van der Waals surface area contributed by atoms with Gasteiger partial charge in [0.05, 0.1) is 46.8 Å². The molecule has 68 heavy (non-hydrogen) atoms. The predicted octanol–water partition coefficient (Wildman–Crippen LogP) is 15.7. The van der Waals surface area contributed by atoms with Crippen molar-refractivity contribution >= 4 is 8.58 Å². The fraction of sp³-hybridized carbons (Fsp3) is 0.770. The Balaban J connectivity index is 1.35. The maximum absolute atomic E-state index is 11.0. The molecule has 1 aliphatic carbocycles. The van der Waals surface area contributed by atoms with Crippen LogP contribution in [0.3, 0.4) is 0 Å². The number of rotatable bonds is 32. The second-order valence-corrected chi connectivity index (χ2v) is 27.5. The fourth-order valence-electron chi connectivity index (χ4n) is 10.6. The highest BCUT2D eigenvalue weighted by Gasteiger charge is 2.43. The number of aliphatic hydroxyl groups is 2. The number of unbranched alkanes of at least 4 members (excludes halogenated alkanes) is 2. The summed E-state index contributed by atoms with van der Waals surface area (Å²) in [6, 6.07) is 20.5. The minimum absolute atomic E-state index is 0.0310. The van der Waals surface area contributed by atoms with Gasteiger partial charge in [-0.05, 0) is 192 Å². The zero-order valence-corrected chi connectivity index (χ0v) is 47.9. The van der Waals surface area contributed by atoms with Gasteiger partial charge in [0.2, 0.25) is 0 Å². The first-order chi connectivity index (χ1) is 31.3. The molecule has 2 aromatic rings. The largest absolute Gasteiger partial charge is 0.390 e. The summed E-state index contributed by atoms with van der Waals surface area (Å²) in [6.45, 7) is 44.1. The lowest BCUT2D eigenvalue weighted by molar-refractivity contribution is -0.121. The molecule has 6 nitrogen and oxygen atoms in total. The first-order valence-corrected chi connectivity index (χ1v) is 28.1. The van der Waals surface area contributed by atoms with E-state index in [4.69, 9.17) is 18.9 Å². The van der Waals surface area contributed by atoms with Crippen molar-refractivity contribution < 1.29 is 29.2 Å². The standard InChI is InChI=1S/C61H105O6P/c1-19-47-42-61(18,45-55(6,7)64-39-28-26-36-53(2,3)59(14,15)66-43-51(57(10,11)62)49-30-22-20-23-31-49)38-34-48(47)35-41-68-46-56(8,9)65-40-29-27-37-54(4,5)60(16,17)67-44-52(58(12,13)63)50-32-24-21-25-33-50/h19-25,30-33,47-48,51-52,62-63,68H,1,26-29,34-46H2,2-18H3. The van der Waals surface area contributed by atoms with Crippen molar-refractivity contribution in [1.29, 1.82) is 0 Å². The summed E-state index contributed by atoms with van der Waals surface area (Å²) in [7, 11) is 0.907. The molecule has 0 heterocycles. The van der Waals surface area contributed by atoms with Gasteiger partial charge in [-0.1, -0.05) is 114 Å². The molecule has 1 aliphatic rings. The van der Waals surface area contributed by atoms with E-state index in [0.717, 1.165) is 84.0 Å². The summed E-state index contributed by atoms with van der Waals surface area (Å²) in [5, 5.41) is 22.0. The van der Waals surface area contributed by atoms with Crippen LogP contribution in [0.4, 0.5) is 0 Å². The molecule has 3 rings (SSSR count). The monoisotopic (exact) mass is 965 g/mol. The third kappa shape index (κ3) is 19.4. The molecule has 2 N–H and O–H groups in total. The van der Waals surface area contributed by atoms with Crippen LogP contribution in [0.5, 0.6) is 0 Å². The van der Waals surface area contributed by atoms with E-state index in [1.165, 1.54) is 31.8 Å². The number of allylic oxidation sites excluding steroid dienone is 1. The highest BCUT2D eigenvalue weighted by Crippen LogP contribution is 2.49. The average molecular weight is 965 g/mol. The summed E-state index contributed by atoms with van der Waals surface area (Å²) in [4.78, 5) is 0. The van der Waals surface area contributed by atoms with Gasteiger partial charge in [0.15, 0.2) is 0 Å². The molecule has 390 valence electrons. The zero-order chi connectivity index (χ0) is 51.3. The van der Waals surface area contributed by atoms with Crippen molar-refractivity contribution in [3.8, 4) is 0 Å². The lowest BCUT2D eigenvalue weighted by atomic mass is 9.62. The van der Waals surface area contributed by atoms with Crippen LogP contribution in [0.2, 0.25) is 0 Å². The van der Waals surface area contributed by atoms with Crippen LogP contribution in [0.1, 0.15) is 211 Å². The SMILES string of the molecule is C=CC1CC(C)(CC(C)(C)OCCCCC(C)(C)C(C)(C)OCC(c2ccccc2)C(C)(C)O)CCC1CCPCC(C)(C)OCCCCC(C)(C)C(C)(C)OCC(c1ccccc1)C(C)(C)O. The third-order valence-electron chi connectivity index (χ3n) is 16.8. The Morgan fingerprint density at radius 3 is 1.47 bits per heavy atom. The number of hydrogen-bond donors (Lipinski definition) is 2. The van der Waals surface area contributed by atoms with Gasteiger partial charge < -0.3 is 29.2 Å². The highest BCUT2D eigenvalue weighted by molar-refractivity contribution is 7.38. The van der Waals surface area contributed by atoms with E-state index in [1.54, 1.807) is 0 Å². The Morgan fingerprint density at radius 2 is 1.06 bits per heavy atom. The minimum atomic E-state index is -0.880. The smallest absolute Gasteiger partial charge is 0.0682 e. The Bertz CT molecular complexity index is 1730. The molecule has 6 atom stereocenters. The Labute approximate surface area is 421 Å². The van der Waals surface area contributed by atoms with Crippen LogP contribution in [-0.2, 0) is 18.9 Å². The summed E-state index contributed by atoms with van der Waals surface area (Å²) in [5.41, 5.74) is -0.337. The average Bonchev–Trinajstić information content (AvgIpc) is 3.21. The van der Waals surface area contributed by atoms with E-state index in [-0.39, 0.29) is 50.5 Å². The van der Waals surface area contributed by atoms with Crippen LogP contribution >= 0.6 is 8.58 Å². The molecule has 6 unspecified atom stereocenters. The molecule has 0 spiro atoms. The molecule has 0 radical (unpaired) electrons. The normalized spacial score (nSPS) is 20.5. The summed E-state index contributed by atoms with van der Waals surface area (Å²) in [6.07, 6.45) is 17.1. The van der Waals surface area contributed by atoms with Crippen LogP contribution in [0, 0.1) is 28.1 Å². The van der Waals surface area contributed by atoms with Gasteiger partial charge in [-0.15, -0.1) is 15.2 Å². The molecule has 0 saturated heterocycles. The molecular weight excluding hydrogens is 860 g/mol. The molecule has 1 saturated carbocycles. The van der Waals surface area contributed by atoms with Crippen molar-refractivity contribution in [3.63, 3.8) is 0 Å². The van der Waals surface area contributed by atoms with E-state index < -0.39 is 11.2 Å². The van der Waals surface area contributed by atoms with Crippen LogP contribution in [0.15, 0.2) is 73.3 Å². The van der Waals surface area contributed by atoms with Gasteiger partial charge in [0, 0.05) is 25.0 Å². The van der Waals surface area contributed by atoms with E-state index in [1.807, 2.05) is 64.1 Å². The molecule has 0 bridgehead atoms. The second kappa shape index (κ2) is 25.3. The van der Waals surface area contributed by atoms with E-state index in [2.05, 4.69) is 127 Å². The predicted molar refractivity (Wildman–Crippen MR) is 293 cm³/mol. The highest BCUT2D eigenvalue weighted by atomic mass is 31.1. The molecule has 1 fully saturated rings. The van der Waals surface area contributed by atoms with Gasteiger partial charge in [-0.2, -0.15) is 0 Å². The zero-order valence-electron chi connectivity index (χ0n) is 46.9. The maximum Gasteiger partial charge on any atom is 0.0682 e. The number of ether oxygens (including phenoxy) is 4. The van der Waals surface area contributed by atoms with Gasteiger partial charge in [-0.3, -0.25) is 0 Å². The van der Waals surface area contributed by atoms with Gasteiger partial charge in [0.25, 0.3) is 0 Å². The van der Waals surface area contributed by atoms with E-state index >= 15 is 0 Å². The molecule has 7 heteroatoms.